The first-order valence-electron chi connectivity index (χ1n) is 6.35. The van der Waals surface area contributed by atoms with E-state index in [1.807, 2.05) is 38.2 Å². The van der Waals surface area contributed by atoms with Gasteiger partial charge < -0.3 is 16.0 Å². The topological polar surface area (TPSA) is 58.4 Å². The zero-order chi connectivity index (χ0) is 13.2. The van der Waals surface area contributed by atoms with E-state index in [4.69, 9.17) is 5.73 Å². The summed E-state index contributed by atoms with van der Waals surface area (Å²) in [5.41, 5.74) is 7.12. The average molecular weight is 247 g/mol. The van der Waals surface area contributed by atoms with Crippen LogP contribution in [0.25, 0.3) is 0 Å². The molecule has 1 fully saturated rings. The van der Waals surface area contributed by atoms with Gasteiger partial charge in [-0.05, 0) is 51.1 Å². The van der Waals surface area contributed by atoms with E-state index in [9.17, 15) is 4.79 Å². The molecule has 3 N–H and O–H groups in total. The van der Waals surface area contributed by atoms with E-state index in [2.05, 4.69) is 10.2 Å². The van der Waals surface area contributed by atoms with E-state index >= 15 is 0 Å². The normalized spacial score (nSPS) is 24.8. The molecular weight excluding hydrogens is 226 g/mol. The fourth-order valence-corrected chi connectivity index (χ4v) is 2.63. The molecule has 0 bridgehead atoms. The second-order valence-corrected chi connectivity index (χ2v) is 5.28. The van der Waals surface area contributed by atoms with Gasteiger partial charge in [0.2, 0.25) is 5.91 Å². The predicted octanol–water partition coefficient (Wildman–Crippen LogP) is 1.36. The van der Waals surface area contributed by atoms with Crippen molar-refractivity contribution in [2.75, 3.05) is 25.5 Å². The molecule has 0 spiro atoms. The minimum absolute atomic E-state index is 0.268. The highest BCUT2D eigenvalue weighted by molar-refractivity contribution is 5.88. The summed E-state index contributed by atoms with van der Waals surface area (Å²) in [6.45, 7) is 3.72. The number of nitrogens with one attached hydrogen (secondary N) is 1. The highest BCUT2D eigenvalue weighted by Crippen LogP contribution is 2.25. The van der Waals surface area contributed by atoms with E-state index < -0.39 is 5.54 Å². The molecular formula is C14H21N3O. The predicted molar refractivity (Wildman–Crippen MR) is 73.5 cm³/mol. The second kappa shape index (κ2) is 4.98. The smallest absolute Gasteiger partial charge is 0.244 e. The Hall–Kier alpha value is -1.55. The minimum atomic E-state index is -0.638. The van der Waals surface area contributed by atoms with Crippen LogP contribution in [0.5, 0.6) is 0 Å². The van der Waals surface area contributed by atoms with Crippen molar-refractivity contribution in [1.82, 2.24) is 4.90 Å². The fourth-order valence-electron chi connectivity index (χ4n) is 2.63. The van der Waals surface area contributed by atoms with Crippen LogP contribution in [-0.4, -0.2) is 36.5 Å². The van der Waals surface area contributed by atoms with Crippen LogP contribution in [0.2, 0.25) is 0 Å². The van der Waals surface area contributed by atoms with Gasteiger partial charge >= 0.3 is 0 Å². The van der Waals surface area contributed by atoms with Crippen molar-refractivity contribution in [3.8, 4) is 0 Å². The zero-order valence-electron chi connectivity index (χ0n) is 11.1. The molecule has 0 saturated carbocycles. The number of nitrogens with two attached hydrogens (primary N) is 1. The van der Waals surface area contributed by atoms with E-state index in [1.54, 1.807) is 0 Å². The first-order valence-corrected chi connectivity index (χ1v) is 6.35. The summed E-state index contributed by atoms with van der Waals surface area (Å²) in [7, 11) is 2.02. The Morgan fingerprint density at radius 2 is 2.28 bits per heavy atom. The Labute approximate surface area is 108 Å². The van der Waals surface area contributed by atoms with Gasteiger partial charge in [0.25, 0.3) is 0 Å². The van der Waals surface area contributed by atoms with Crippen molar-refractivity contribution >= 4 is 11.6 Å². The van der Waals surface area contributed by atoms with Gasteiger partial charge in [0, 0.05) is 12.2 Å². The molecule has 1 amide bonds. The van der Waals surface area contributed by atoms with Crippen molar-refractivity contribution in [3.05, 3.63) is 29.8 Å². The number of amides is 1. The molecule has 4 heteroatoms. The van der Waals surface area contributed by atoms with Crippen molar-refractivity contribution in [1.29, 1.82) is 0 Å². The molecule has 2 rings (SSSR count). The maximum absolute atomic E-state index is 11.8. The molecule has 4 nitrogen and oxygen atoms in total. The van der Waals surface area contributed by atoms with Crippen LogP contribution in [0, 0.1) is 6.92 Å². The van der Waals surface area contributed by atoms with Gasteiger partial charge in [0.1, 0.15) is 5.54 Å². The lowest BCUT2D eigenvalue weighted by molar-refractivity contribution is -0.123. The lowest BCUT2D eigenvalue weighted by Gasteiger charge is -2.40. The standard InChI is InChI=1S/C14H21N3O/c1-11-5-3-6-12(9-11)16-14(13(15)18)7-4-8-17(2)10-14/h3,5-6,9,16H,4,7-8,10H2,1-2H3,(H2,15,18). The van der Waals surface area contributed by atoms with Crippen LogP contribution in [0.1, 0.15) is 18.4 Å². The monoisotopic (exact) mass is 247 g/mol. The molecule has 1 heterocycles. The van der Waals surface area contributed by atoms with Crippen LogP contribution < -0.4 is 11.1 Å². The number of hydrogen-bond donors (Lipinski definition) is 2. The van der Waals surface area contributed by atoms with Crippen LogP contribution in [0.3, 0.4) is 0 Å². The zero-order valence-corrected chi connectivity index (χ0v) is 11.1. The maximum atomic E-state index is 11.8. The Morgan fingerprint density at radius 3 is 2.89 bits per heavy atom. The number of aryl methyl sites for hydroxylation is 1. The number of likely N-dealkylation sites (tertiary alicyclic amines) is 1. The van der Waals surface area contributed by atoms with Gasteiger partial charge in [-0.15, -0.1) is 0 Å². The number of likely N-dealkylation sites (N-methyl/N-ethyl adjacent to an activating group) is 1. The summed E-state index contributed by atoms with van der Waals surface area (Å²) in [6.07, 6.45) is 1.78. The first-order chi connectivity index (χ1) is 8.52. The van der Waals surface area contributed by atoms with Gasteiger partial charge in [0.05, 0.1) is 0 Å². The second-order valence-electron chi connectivity index (χ2n) is 5.28. The highest BCUT2D eigenvalue weighted by atomic mass is 16.1. The molecule has 1 atom stereocenters. The third-order valence-electron chi connectivity index (χ3n) is 3.56. The molecule has 1 aliphatic heterocycles. The first kappa shape index (κ1) is 12.9. The van der Waals surface area contributed by atoms with Crippen LogP contribution >= 0.6 is 0 Å². The summed E-state index contributed by atoms with van der Waals surface area (Å²) in [4.78, 5) is 14.0. The van der Waals surface area contributed by atoms with Gasteiger partial charge in [-0.25, -0.2) is 0 Å². The Kier molecular flexibility index (Phi) is 3.57. The fraction of sp³-hybridized carbons (Fsp3) is 0.500. The maximum Gasteiger partial charge on any atom is 0.244 e. The number of rotatable bonds is 3. The van der Waals surface area contributed by atoms with Gasteiger partial charge in [0.15, 0.2) is 0 Å². The number of carbonyl (C=O) groups is 1. The van der Waals surface area contributed by atoms with E-state index in [1.165, 1.54) is 5.56 Å². The average Bonchev–Trinajstić information content (AvgIpc) is 2.28. The molecule has 1 aliphatic rings. The molecule has 1 aromatic rings. The third-order valence-corrected chi connectivity index (χ3v) is 3.56. The third kappa shape index (κ3) is 2.64. The van der Waals surface area contributed by atoms with E-state index in [0.717, 1.165) is 25.1 Å². The number of anilines is 1. The number of nitrogens with zero attached hydrogens (tertiary/aromatic N) is 1. The molecule has 0 radical (unpaired) electrons. The molecule has 0 aromatic heterocycles. The van der Waals surface area contributed by atoms with Crippen LogP contribution in [0.15, 0.2) is 24.3 Å². The van der Waals surface area contributed by atoms with Crippen LogP contribution in [0.4, 0.5) is 5.69 Å². The molecule has 0 aliphatic carbocycles. The van der Waals surface area contributed by atoms with Crippen LogP contribution in [-0.2, 0) is 4.79 Å². The SMILES string of the molecule is Cc1cccc(NC2(C(N)=O)CCCN(C)C2)c1. The van der Waals surface area contributed by atoms with Crippen molar-refractivity contribution in [2.45, 2.75) is 25.3 Å². The van der Waals surface area contributed by atoms with Crippen molar-refractivity contribution in [2.24, 2.45) is 5.73 Å². The Morgan fingerprint density at radius 1 is 1.50 bits per heavy atom. The highest BCUT2D eigenvalue weighted by Gasteiger charge is 2.39. The number of carbonyl (C=O) groups excluding carboxylic acids is 1. The molecule has 1 aromatic carbocycles. The lowest BCUT2D eigenvalue weighted by atomic mass is 9.88. The van der Waals surface area contributed by atoms with E-state index in [0.29, 0.717) is 6.54 Å². The summed E-state index contributed by atoms with van der Waals surface area (Å²) in [5.74, 6) is -0.268. The lowest BCUT2D eigenvalue weighted by Crippen LogP contribution is -2.59. The Balaban J connectivity index is 2.23. The largest absolute Gasteiger partial charge is 0.370 e. The summed E-state index contributed by atoms with van der Waals surface area (Å²) in [5, 5.41) is 3.35. The quantitative estimate of drug-likeness (QED) is 0.848. The van der Waals surface area contributed by atoms with Crippen molar-refractivity contribution in [3.63, 3.8) is 0 Å². The number of hydrogen-bond acceptors (Lipinski definition) is 3. The molecule has 18 heavy (non-hydrogen) atoms. The number of piperidine rings is 1. The van der Waals surface area contributed by atoms with Gasteiger partial charge in [-0.2, -0.15) is 0 Å². The summed E-state index contributed by atoms with van der Waals surface area (Å²) in [6, 6.07) is 8.04. The number of benzene rings is 1. The number of primary amides is 1. The van der Waals surface area contributed by atoms with E-state index in [-0.39, 0.29) is 5.91 Å². The summed E-state index contributed by atoms with van der Waals surface area (Å²) < 4.78 is 0. The van der Waals surface area contributed by atoms with Gasteiger partial charge in [-0.1, -0.05) is 12.1 Å². The van der Waals surface area contributed by atoms with Crippen molar-refractivity contribution < 1.29 is 4.79 Å². The molecule has 1 saturated heterocycles. The van der Waals surface area contributed by atoms with Gasteiger partial charge in [-0.3, -0.25) is 4.79 Å². The molecule has 98 valence electrons. The summed E-state index contributed by atoms with van der Waals surface area (Å²) >= 11 is 0. The molecule has 1 unspecified atom stereocenters. The Bertz CT molecular complexity index is 446. The minimum Gasteiger partial charge on any atom is -0.370 e.